The lowest BCUT2D eigenvalue weighted by atomic mass is 10.1. The minimum absolute atomic E-state index is 0.00155. The molecule has 3 aromatic rings. The predicted octanol–water partition coefficient (Wildman–Crippen LogP) is 3.26. The molecule has 0 saturated carbocycles. The van der Waals surface area contributed by atoms with E-state index in [2.05, 4.69) is 29.3 Å². The summed E-state index contributed by atoms with van der Waals surface area (Å²) < 4.78 is 7.00. The second-order valence-corrected chi connectivity index (χ2v) is 8.50. The highest BCUT2D eigenvalue weighted by molar-refractivity contribution is 8.04. The molecule has 29 heavy (non-hydrogen) atoms. The summed E-state index contributed by atoms with van der Waals surface area (Å²) in [4.78, 5) is 25.6. The van der Waals surface area contributed by atoms with Crippen LogP contribution in [-0.2, 0) is 14.3 Å². The molecular weight excluding hydrogens is 408 g/mol. The van der Waals surface area contributed by atoms with Gasteiger partial charge in [0.15, 0.2) is 10.8 Å². The summed E-state index contributed by atoms with van der Waals surface area (Å²) in [5.41, 5.74) is 3.02. The second kappa shape index (κ2) is 8.46. The molecular formula is C20H20N4O3S2. The number of carbonyl (C=O) groups excluding carboxylic acids is 2. The molecule has 1 aromatic carbocycles. The Balaban J connectivity index is 1.52. The number of amides is 1. The highest BCUT2D eigenvalue weighted by Crippen LogP contribution is 2.30. The van der Waals surface area contributed by atoms with Crippen LogP contribution in [0.4, 0.5) is 0 Å². The van der Waals surface area contributed by atoms with Crippen molar-refractivity contribution in [2.45, 2.75) is 19.0 Å². The molecule has 0 bridgehead atoms. The monoisotopic (exact) mass is 428 g/mol. The van der Waals surface area contributed by atoms with Crippen LogP contribution < -0.4 is 0 Å². The Morgan fingerprint density at radius 3 is 3.00 bits per heavy atom. The summed E-state index contributed by atoms with van der Waals surface area (Å²) in [6.07, 6.45) is 1.40. The first-order chi connectivity index (χ1) is 14.1. The zero-order chi connectivity index (χ0) is 20.4. The van der Waals surface area contributed by atoms with Crippen LogP contribution in [-0.4, -0.2) is 56.0 Å². The van der Waals surface area contributed by atoms with Gasteiger partial charge in [0.25, 0.3) is 0 Å². The Bertz CT molecular complexity index is 1130. The first-order valence-electron chi connectivity index (χ1n) is 9.26. The summed E-state index contributed by atoms with van der Waals surface area (Å²) >= 11 is 2.90. The van der Waals surface area contributed by atoms with Gasteiger partial charge in [-0.25, -0.2) is 4.79 Å². The normalized spacial score (nSPS) is 15.7. The van der Waals surface area contributed by atoms with Crippen molar-refractivity contribution in [2.24, 2.45) is 0 Å². The van der Waals surface area contributed by atoms with Crippen molar-refractivity contribution in [2.75, 3.05) is 24.7 Å². The predicted molar refractivity (Wildman–Crippen MR) is 115 cm³/mol. The smallest absolute Gasteiger partial charge is 0.333 e. The lowest BCUT2D eigenvalue weighted by Gasteiger charge is -2.16. The number of ether oxygens (including phenoxy) is 1. The molecule has 3 heterocycles. The van der Waals surface area contributed by atoms with Crippen molar-refractivity contribution in [3.05, 3.63) is 47.0 Å². The molecule has 1 aliphatic rings. The quantitative estimate of drug-likeness (QED) is 0.339. The van der Waals surface area contributed by atoms with Gasteiger partial charge in [0.1, 0.15) is 0 Å². The molecule has 1 saturated heterocycles. The van der Waals surface area contributed by atoms with Crippen molar-refractivity contribution in [1.82, 2.24) is 19.5 Å². The molecule has 1 aliphatic heterocycles. The lowest BCUT2D eigenvalue weighted by Crippen LogP contribution is -2.27. The maximum Gasteiger partial charge on any atom is 0.333 e. The fraction of sp³-hybridized carbons (Fsp3) is 0.300. The molecule has 150 valence electrons. The Labute approximate surface area is 176 Å². The molecule has 0 aliphatic carbocycles. The van der Waals surface area contributed by atoms with Crippen molar-refractivity contribution in [1.29, 1.82) is 0 Å². The van der Waals surface area contributed by atoms with Gasteiger partial charge in [-0.1, -0.05) is 41.7 Å². The molecule has 0 unspecified atom stereocenters. The molecule has 0 radical (unpaired) electrons. The van der Waals surface area contributed by atoms with Gasteiger partial charge in [0, 0.05) is 17.7 Å². The van der Waals surface area contributed by atoms with E-state index in [0.717, 1.165) is 27.3 Å². The number of carbonyl (C=O) groups is 2. The third kappa shape index (κ3) is 3.97. The highest BCUT2D eigenvalue weighted by Gasteiger charge is 2.27. The van der Waals surface area contributed by atoms with E-state index < -0.39 is 5.97 Å². The Morgan fingerprint density at radius 2 is 2.17 bits per heavy atom. The van der Waals surface area contributed by atoms with Crippen LogP contribution in [0.2, 0.25) is 0 Å². The Morgan fingerprint density at radius 1 is 1.34 bits per heavy atom. The summed E-state index contributed by atoms with van der Waals surface area (Å²) in [7, 11) is 0. The van der Waals surface area contributed by atoms with E-state index in [9.17, 15) is 9.59 Å². The minimum atomic E-state index is -0.423. The summed E-state index contributed by atoms with van der Waals surface area (Å²) in [6.45, 7) is 4.62. The molecule has 9 heteroatoms. The van der Waals surface area contributed by atoms with Crippen LogP contribution in [0.15, 0.2) is 46.6 Å². The van der Waals surface area contributed by atoms with Gasteiger partial charge in [-0.2, -0.15) is 0 Å². The van der Waals surface area contributed by atoms with Crippen LogP contribution in [0, 0.1) is 6.92 Å². The molecule has 1 fully saturated rings. The van der Waals surface area contributed by atoms with Gasteiger partial charge >= 0.3 is 5.97 Å². The summed E-state index contributed by atoms with van der Waals surface area (Å²) in [6, 6.07) is 10.2. The van der Waals surface area contributed by atoms with Crippen LogP contribution in [0.3, 0.4) is 0 Å². The second-order valence-electron chi connectivity index (χ2n) is 6.44. The van der Waals surface area contributed by atoms with Gasteiger partial charge in [-0.3, -0.25) is 9.20 Å². The first kappa shape index (κ1) is 19.8. The number of fused-ring (bicyclic) bond motifs is 3. The number of rotatable bonds is 6. The van der Waals surface area contributed by atoms with E-state index in [1.807, 2.05) is 22.6 Å². The van der Waals surface area contributed by atoms with Gasteiger partial charge < -0.3 is 9.64 Å². The largest absolute Gasteiger partial charge is 0.463 e. The van der Waals surface area contributed by atoms with E-state index in [1.165, 1.54) is 17.8 Å². The molecule has 4 rings (SSSR count). The average molecular weight is 429 g/mol. The number of nitrogens with zero attached hydrogens (tertiary/aromatic N) is 4. The number of hydrogen-bond donors (Lipinski definition) is 0. The number of thioether (sulfide) groups is 2. The van der Waals surface area contributed by atoms with Crippen molar-refractivity contribution in [3.63, 3.8) is 0 Å². The van der Waals surface area contributed by atoms with Crippen molar-refractivity contribution in [3.8, 4) is 0 Å². The number of pyridine rings is 1. The lowest BCUT2D eigenvalue weighted by molar-refractivity contribution is -0.137. The number of aromatic nitrogens is 3. The zero-order valence-corrected chi connectivity index (χ0v) is 17.8. The molecule has 0 N–H and O–H groups in total. The number of hydrogen-bond acceptors (Lipinski definition) is 7. The maximum absolute atomic E-state index is 12.2. The minimum Gasteiger partial charge on any atom is -0.463 e. The van der Waals surface area contributed by atoms with Crippen molar-refractivity contribution >= 4 is 52.0 Å². The highest BCUT2D eigenvalue weighted by atomic mass is 32.2. The van der Waals surface area contributed by atoms with Gasteiger partial charge in [0.05, 0.1) is 29.0 Å². The molecule has 7 nitrogen and oxygen atoms in total. The number of aryl methyl sites for hydroxylation is 1. The number of benzene rings is 1. The van der Waals surface area contributed by atoms with Crippen LogP contribution in [0.5, 0.6) is 0 Å². The van der Waals surface area contributed by atoms with Crippen LogP contribution >= 0.6 is 23.5 Å². The standard InChI is InChI=1S/C20H20N4O3S2/c1-3-27-19(26)11-18-23(17(25)12-29-18)8-9-28-20-22-21-16-10-13(2)14-6-4-5-7-15(14)24(16)20/h4-7,10-11H,3,8-9,12H2,1-2H3/b18-11-. The number of esters is 1. The third-order valence-corrected chi connectivity index (χ3v) is 6.49. The van der Waals surface area contributed by atoms with E-state index in [4.69, 9.17) is 4.74 Å². The number of para-hydroxylation sites is 1. The van der Waals surface area contributed by atoms with Gasteiger partial charge in [-0.15, -0.1) is 10.2 Å². The summed E-state index contributed by atoms with van der Waals surface area (Å²) in [5.74, 6) is 0.550. The summed E-state index contributed by atoms with van der Waals surface area (Å²) in [5, 5.41) is 11.2. The molecule has 0 atom stereocenters. The first-order valence-corrected chi connectivity index (χ1v) is 11.2. The topological polar surface area (TPSA) is 76.8 Å². The van der Waals surface area contributed by atoms with Crippen LogP contribution in [0.25, 0.3) is 16.6 Å². The zero-order valence-electron chi connectivity index (χ0n) is 16.1. The Hall–Kier alpha value is -2.52. The average Bonchev–Trinajstić information content (AvgIpc) is 3.26. The van der Waals surface area contributed by atoms with E-state index in [1.54, 1.807) is 23.6 Å². The van der Waals surface area contributed by atoms with Gasteiger partial charge in [-0.05, 0) is 31.5 Å². The molecule has 0 spiro atoms. The fourth-order valence-electron chi connectivity index (χ4n) is 3.25. The molecule has 2 aromatic heterocycles. The van der Waals surface area contributed by atoms with Crippen LogP contribution in [0.1, 0.15) is 12.5 Å². The fourth-order valence-corrected chi connectivity index (χ4v) is 5.08. The van der Waals surface area contributed by atoms with Crippen molar-refractivity contribution < 1.29 is 14.3 Å². The van der Waals surface area contributed by atoms with E-state index in [-0.39, 0.29) is 5.91 Å². The third-order valence-electron chi connectivity index (χ3n) is 4.56. The van der Waals surface area contributed by atoms with E-state index >= 15 is 0 Å². The maximum atomic E-state index is 12.2. The van der Waals surface area contributed by atoms with E-state index in [0.29, 0.717) is 29.7 Å². The Kier molecular flexibility index (Phi) is 5.77. The van der Waals surface area contributed by atoms with Gasteiger partial charge in [0.2, 0.25) is 5.91 Å². The SMILES string of the molecule is CCOC(=O)/C=C1\SCC(=O)N1CCSc1nnc2cc(C)c3ccccc3n12. The molecule has 1 amide bonds.